The number of nitrogens with zero attached hydrogens (tertiary/aromatic N) is 1. The van der Waals surface area contributed by atoms with Crippen LogP contribution in [-0.4, -0.2) is 30.6 Å². The normalized spacial score (nSPS) is 12.9. The van der Waals surface area contributed by atoms with Crippen LogP contribution in [0.5, 0.6) is 0 Å². The SMILES string of the molecule is CC(C)n1cc(S(=O)(=O)NCC(C)(C)C)cc1C(=O)O. The van der Waals surface area contributed by atoms with Crippen molar-refractivity contribution >= 4 is 16.0 Å². The van der Waals surface area contributed by atoms with Gasteiger partial charge in [-0.15, -0.1) is 0 Å². The molecular weight excluding hydrogens is 280 g/mol. The molecule has 0 bridgehead atoms. The topological polar surface area (TPSA) is 88.4 Å². The zero-order chi connectivity index (χ0) is 15.7. The fraction of sp³-hybridized carbons (Fsp3) is 0.615. The molecule has 0 fully saturated rings. The first-order valence-electron chi connectivity index (χ1n) is 6.39. The summed E-state index contributed by atoms with van der Waals surface area (Å²) in [5.41, 5.74) is -0.223. The molecule has 1 aromatic rings. The third-order valence-corrected chi connectivity index (χ3v) is 4.07. The van der Waals surface area contributed by atoms with Gasteiger partial charge in [-0.25, -0.2) is 17.9 Å². The third-order valence-electron chi connectivity index (χ3n) is 2.70. The number of carbonyl (C=O) groups is 1. The number of aromatic nitrogens is 1. The molecule has 0 aliphatic heterocycles. The predicted octanol–water partition coefficient (Wildman–Crippen LogP) is 2.09. The zero-order valence-electron chi connectivity index (χ0n) is 12.5. The Bertz CT molecular complexity index is 594. The minimum atomic E-state index is -3.70. The van der Waals surface area contributed by atoms with Crippen LogP contribution in [0.1, 0.15) is 51.1 Å². The zero-order valence-corrected chi connectivity index (χ0v) is 13.3. The molecule has 0 spiro atoms. The van der Waals surface area contributed by atoms with E-state index in [4.69, 9.17) is 5.11 Å². The molecule has 0 aliphatic carbocycles. The maximum atomic E-state index is 12.2. The summed E-state index contributed by atoms with van der Waals surface area (Å²) in [4.78, 5) is 11.1. The minimum Gasteiger partial charge on any atom is -0.477 e. The van der Waals surface area contributed by atoms with Crippen molar-refractivity contribution < 1.29 is 18.3 Å². The lowest BCUT2D eigenvalue weighted by molar-refractivity contribution is 0.0683. The second-order valence-electron chi connectivity index (χ2n) is 6.25. The van der Waals surface area contributed by atoms with Crippen molar-refractivity contribution in [3.8, 4) is 0 Å². The second-order valence-corrected chi connectivity index (χ2v) is 8.02. The van der Waals surface area contributed by atoms with Crippen LogP contribution in [0.15, 0.2) is 17.2 Å². The van der Waals surface area contributed by atoms with E-state index >= 15 is 0 Å². The highest BCUT2D eigenvalue weighted by molar-refractivity contribution is 7.89. The van der Waals surface area contributed by atoms with Crippen LogP contribution in [-0.2, 0) is 10.0 Å². The van der Waals surface area contributed by atoms with Gasteiger partial charge in [-0.3, -0.25) is 0 Å². The molecule has 0 radical (unpaired) electrons. The summed E-state index contributed by atoms with van der Waals surface area (Å²) in [6.07, 6.45) is 1.36. The van der Waals surface area contributed by atoms with Crippen molar-refractivity contribution in [1.29, 1.82) is 0 Å². The summed E-state index contributed by atoms with van der Waals surface area (Å²) in [5, 5.41) is 9.12. The van der Waals surface area contributed by atoms with E-state index in [-0.39, 0.29) is 28.6 Å². The molecule has 0 saturated heterocycles. The summed E-state index contributed by atoms with van der Waals surface area (Å²) in [6.45, 7) is 9.62. The van der Waals surface area contributed by atoms with Crippen molar-refractivity contribution in [2.24, 2.45) is 5.41 Å². The van der Waals surface area contributed by atoms with E-state index in [1.807, 2.05) is 20.8 Å². The van der Waals surface area contributed by atoms with Gasteiger partial charge in [0.15, 0.2) is 0 Å². The molecule has 2 N–H and O–H groups in total. The first kappa shape index (κ1) is 16.7. The minimum absolute atomic E-state index is 0.0205. The van der Waals surface area contributed by atoms with Crippen LogP contribution in [0.4, 0.5) is 0 Å². The highest BCUT2D eigenvalue weighted by atomic mass is 32.2. The molecule has 0 atom stereocenters. The molecule has 1 heterocycles. The predicted molar refractivity (Wildman–Crippen MR) is 76.4 cm³/mol. The number of nitrogens with one attached hydrogen (secondary N) is 1. The summed E-state index contributed by atoms with van der Waals surface area (Å²) in [6, 6.07) is 1.06. The Kier molecular flexibility index (Phi) is 4.66. The molecule has 1 rings (SSSR count). The molecule has 7 heteroatoms. The van der Waals surface area contributed by atoms with E-state index in [2.05, 4.69) is 4.72 Å². The number of rotatable bonds is 5. The quantitative estimate of drug-likeness (QED) is 0.871. The molecule has 0 saturated carbocycles. The van der Waals surface area contributed by atoms with Crippen LogP contribution in [0.25, 0.3) is 0 Å². The number of carboxylic acid groups (broad SMARTS) is 1. The molecule has 0 unspecified atom stereocenters. The van der Waals surface area contributed by atoms with Gasteiger partial charge in [-0.2, -0.15) is 0 Å². The molecule has 0 aliphatic rings. The van der Waals surface area contributed by atoms with E-state index in [0.717, 1.165) is 0 Å². The van der Waals surface area contributed by atoms with E-state index in [9.17, 15) is 13.2 Å². The average molecular weight is 302 g/mol. The summed E-state index contributed by atoms with van der Waals surface area (Å²) < 4.78 is 28.3. The lowest BCUT2D eigenvalue weighted by atomic mass is 9.98. The van der Waals surface area contributed by atoms with Crippen molar-refractivity contribution in [1.82, 2.24) is 9.29 Å². The van der Waals surface area contributed by atoms with E-state index in [1.165, 1.54) is 16.8 Å². The van der Waals surface area contributed by atoms with Crippen molar-refractivity contribution in [3.63, 3.8) is 0 Å². The molecule has 0 aromatic carbocycles. The van der Waals surface area contributed by atoms with Crippen LogP contribution < -0.4 is 4.72 Å². The Balaban J connectivity index is 3.14. The first-order valence-corrected chi connectivity index (χ1v) is 7.87. The lowest BCUT2D eigenvalue weighted by Crippen LogP contribution is -2.32. The largest absolute Gasteiger partial charge is 0.477 e. The Morgan fingerprint density at radius 3 is 2.30 bits per heavy atom. The van der Waals surface area contributed by atoms with Crippen LogP contribution >= 0.6 is 0 Å². The lowest BCUT2D eigenvalue weighted by Gasteiger charge is -2.18. The number of carboxylic acids is 1. The molecule has 0 amide bonds. The molecule has 114 valence electrons. The Morgan fingerprint density at radius 2 is 1.95 bits per heavy atom. The van der Waals surface area contributed by atoms with Gasteiger partial charge in [0.1, 0.15) is 10.6 Å². The van der Waals surface area contributed by atoms with Gasteiger partial charge >= 0.3 is 5.97 Å². The first-order chi connectivity index (χ1) is 8.94. The number of aromatic carboxylic acids is 1. The molecule has 20 heavy (non-hydrogen) atoms. The molecular formula is C13H22N2O4S. The second kappa shape index (κ2) is 5.57. The number of sulfonamides is 1. The van der Waals surface area contributed by atoms with E-state index in [0.29, 0.717) is 0 Å². The van der Waals surface area contributed by atoms with Gasteiger partial charge in [0.2, 0.25) is 10.0 Å². The fourth-order valence-electron chi connectivity index (χ4n) is 1.59. The summed E-state index contributed by atoms with van der Waals surface area (Å²) >= 11 is 0. The monoisotopic (exact) mass is 302 g/mol. The highest BCUT2D eigenvalue weighted by Crippen LogP contribution is 2.20. The van der Waals surface area contributed by atoms with Gasteiger partial charge < -0.3 is 9.67 Å². The maximum Gasteiger partial charge on any atom is 0.352 e. The van der Waals surface area contributed by atoms with Gasteiger partial charge in [0, 0.05) is 18.8 Å². The summed E-state index contributed by atoms with van der Waals surface area (Å²) in [5.74, 6) is -1.14. The van der Waals surface area contributed by atoms with Crippen LogP contribution in [0.3, 0.4) is 0 Å². The van der Waals surface area contributed by atoms with Crippen molar-refractivity contribution in [2.75, 3.05) is 6.54 Å². The third kappa shape index (κ3) is 4.08. The molecule has 1 aromatic heterocycles. The Hall–Kier alpha value is -1.34. The average Bonchev–Trinajstić information content (AvgIpc) is 2.71. The van der Waals surface area contributed by atoms with Gasteiger partial charge in [0.05, 0.1) is 0 Å². The van der Waals surface area contributed by atoms with Crippen molar-refractivity contribution in [2.45, 2.75) is 45.6 Å². The maximum absolute atomic E-state index is 12.2. The van der Waals surface area contributed by atoms with Gasteiger partial charge in [-0.05, 0) is 25.3 Å². The van der Waals surface area contributed by atoms with Crippen LogP contribution in [0.2, 0.25) is 0 Å². The van der Waals surface area contributed by atoms with Crippen molar-refractivity contribution in [3.05, 3.63) is 18.0 Å². The number of hydrogen-bond donors (Lipinski definition) is 2. The Labute approximate surface area is 119 Å². The summed E-state index contributed by atoms with van der Waals surface area (Å²) in [7, 11) is -3.70. The number of hydrogen-bond acceptors (Lipinski definition) is 3. The van der Waals surface area contributed by atoms with E-state index in [1.54, 1.807) is 13.8 Å². The van der Waals surface area contributed by atoms with Gasteiger partial charge in [0.25, 0.3) is 0 Å². The highest BCUT2D eigenvalue weighted by Gasteiger charge is 2.23. The fourth-order valence-corrected chi connectivity index (χ4v) is 2.90. The van der Waals surface area contributed by atoms with Gasteiger partial charge in [-0.1, -0.05) is 20.8 Å². The van der Waals surface area contributed by atoms with E-state index < -0.39 is 16.0 Å². The smallest absolute Gasteiger partial charge is 0.352 e. The Morgan fingerprint density at radius 1 is 1.40 bits per heavy atom. The standard InChI is InChI=1S/C13H22N2O4S/c1-9(2)15-7-10(6-11(15)12(16)17)20(18,19)14-8-13(3,4)5/h6-7,9,14H,8H2,1-5H3,(H,16,17). The van der Waals surface area contributed by atoms with Crippen LogP contribution in [0, 0.1) is 5.41 Å². The molecule has 6 nitrogen and oxygen atoms in total.